The molecule has 2 aliphatic rings. The van der Waals surface area contributed by atoms with Crippen molar-refractivity contribution in [2.75, 3.05) is 11.4 Å². The maximum Gasteiger partial charge on any atom is 0.332 e. The van der Waals surface area contributed by atoms with Gasteiger partial charge in [0.25, 0.3) is 5.91 Å². The molecule has 7 nitrogen and oxygen atoms in total. The molecule has 2 N–H and O–H groups in total. The fourth-order valence-electron chi connectivity index (χ4n) is 3.00. The van der Waals surface area contributed by atoms with Crippen molar-refractivity contribution >= 4 is 27.6 Å². The fourth-order valence-corrected chi connectivity index (χ4v) is 3.51. The molecule has 3 amide bonds. The Balaban J connectivity index is 1.92. The first-order valence-corrected chi connectivity index (χ1v) is 8.61. The summed E-state index contributed by atoms with van der Waals surface area (Å²) in [5, 5.41) is 5.04. The Kier molecular flexibility index (Phi) is 3.45. The van der Waals surface area contributed by atoms with E-state index in [4.69, 9.17) is 5.14 Å². The summed E-state index contributed by atoms with van der Waals surface area (Å²) in [4.78, 5) is 27.6. The standard InChI is InChI=1S/C14H17N3O4S/c1-9-6-7-16-12(8-9)13(18)17(14(16)19)10-2-4-11(5-3-10)22(15,20)21/h2-5,9,12H,6-8H2,1H3,(H2,15,20,21). The summed E-state index contributed by atoms with van der Waals surface area (Å²) in [5.74, 6) is 0.155. The predicted molar refractivity (Wildman–Crippen MR) is 79.6 cm³/mol. The van der Waals surface area contributed by atoms with Crippen molar-refractivity contribution in [2.45, 2.75) is 30.7 Å². The highest BCUT2D eigenvalue weighted by Crippen LogP contribution is 2.33. The topological polar surface area (TPSA) is 101 Å². The Morgan fingerprint density at radius 1 is 1.18 bits per heavy atom. The van der Waals surface area contributed by atoms with Crippen LogP contribution in [0.15, 0.2) is 29.2 Å². The molecule has 2 atom stereocenters. The molecular formula is C14H17N3O4S. The maximum absolute atomic E-state index is 12.5. The van der Waals surface area contributed by atoms with Crippen LogP contribution in [0, 0.1) is 5.92 Å². The molecule has 8 heteroatoms. The Morgan fingerprint density at radius 3 is 2.41 bits per heavy atom. The first-order chi connectivity index (χ1) is 10.3. The third kappa shape index (κ3) is 2.38. The molecule has 2 fully saturated rings. The summed E-state index contributed by atoms with van der Waals surface area (Å²) >= 11 is 0. The maximum atomic E-state index is 12.5. The molecule has 0 radical (unpaired) electrons. The number of amides is 3. The molecule has 22 heavy (non-hydrogen) atoms. The highest BCUT2D eigenvalue weighted by Gasteiger charge is 2.47. The van der Waals surface area contributed by atoms with Crippen LogP contribution in [0.4, 0.5) is 10.5 Å². The smallest absolute Gasteiger partial charge is 0.312 e. The van der Waals surface area contributed by atoms with Gasteiger partial charge in [-0.2, -0.15) is 0 Å². The van der Waals surface area contributed by atoms with E-state index in [-0.39, 0.29) is 16.8 Å². The number of rotatable bonds is 2. The van der Waals surface area contributed by atoms with Gasteiger partial charge in [0.2, 0.25) is 10.0 Å². The van der Waals surface area contributed by atoms with Gasteiger partial charge in [-0.3, -0.25) is 4.79 Å². The van der Waals surface area contributed by atoms with Gasteiger partial charge in [0, 0.05) is 6.54 Å². The van der Waals surface area contributed by atoms with E-state index >= 15 is 0 Å². The number of carbonyl (C=O) groups excluding carboxylic acids is 2. The van der Waals surface area contributed by atoms with Crippen LogP contribution >= 0.6 is 0 Å². The van der Waals surface area contributed by atoms with Crippen LogP contribution < -0.4 is 10.0 Å². The second-order valence-electron chi connectivity index (χ2n) is 5.83. The van der Waals surface area contributed by atoms with Gasteiger partial charge in [0.15, 0.2) is 0 Å². The summed E-state index contributed by atoms with van der Waals surface area (Å²) in [6.45, 7) is 2.64. The Bertz CT molecular complexity index is 729. The van der Waals surface area contributed by atoms with Crippen molar-refractivity contribution < 1.29 is 18.0 Å². The number of urea groups is 1. The number of sulfonamides is 1. The van der Waals surface area contributed by atoms with Crippen LogP contribution in [0.5, 0.6) is 0 Å². The van der Waals surface area contributed by atoms with Gasteiger partial charge in [0.1, 0.15) is 6.04 Å². The highest BCUT2D eigenvalue weighted by molar-refractivity contribution is 7.89. The molecule has 2 saturated heterocycles. The zero-order chi connectivity index (χ0) is 16.1. The van der Waals surface area contributed by atoms with Crippen molar-refractivity contribution in [2.24, 2.45) is 11.1 Å². The number of fused-ring (bicyclic) bond motifs is 1. The zero-order valence-corrected chi connectivity index (χ0v) is 12.9. The normalized spacial score (nSPS) is 25.5. The van der Waals surface area contributed by atoms with E-state index in [9.17, 15) is 18.0 Å². The van der Waals surface area contributed by atoms with Crippen LogP contribution in [0.25, 0.3) is 0 Å². The molecule has 0 spiro atoms. The average molecular weight is 323 g/mol. The van der Waals surface area contributed by atoms with E-state index in [1.807, 2.05) is 0 Å². The monoisotopic (exact) mass is 323 g/mol. The van der Waals surface area contributed by atoms with Crippen LogP contribution in [-0.4, -0.2) is 37.8 Å². The quantitative estimate of drug-likeness (QED) is 0.817. The van der Waals surface area contributed by atoms with Gasteiger partial charge >= 0.3 is 6.03 Å². The molecule has 0 bridgehead atoms. The minimum absolute atomic E-state index is 0.0540. The first kappa shape index (κ1) is 15.0. The largest absolute Gasteiger partial charge is 0.332 e. The molecule has 0 aliphatic carbocycles. The number of anilines is 1. The lowest BCUT2D eigenvalue weighted by Gasteiger charge is -2.30. The minimum Gasteiger partial charge on any atom is -0.312 e. The van der Waals surface area contributed by atoms with Gasteiger partial charge in [-0.1, -0.05) is 6.92 Å². The van der Waals surface area contributed by atoms with Crippen molar-refractivity contribution in [3.05, 3.63) is 24.3 Å². The Hall–Kier alpha value is -1.93. The number of nitrogens with zero attached hydrogens (tertiary/aromatic N) is 2. The summed E-state index contributed by atoms with van der Waals surface area (Å²) < 4.78 is 22.5. The number of hydrogen-bond acceptors (Lipinski definition) is 4. The van der Waals surface area contributed by atoms with E-state index in [0.717, 1.165) is 11.3 Å². The van der Waals surface area contributed by atoms with E-state index in [2.05, 4.69) is 6.92 Å². The first-order valence-electron chi connectivity index (χ1n) is 7.06. The number of carbonyl (C=O) groups is 2. The average Bonchev–Trinajstić information content (AvgIpc) is 2.70. The molecule has 0 saturated carbocycles. The molecular weight excluding hydrogens is 306 g/mol. The van der Waals surface area contributed by atoms with Crippen molar-refractivity contribution in [3.8, 4) is 0 Å². The molecule has 1 aromatic carbocycles. The number of imide groups is 1. The molecule has 118 valence electrons. The lowest BCUT2D eigenvalue weighted by atomic mass is 9.93. The van der Waals surface area contributed by atoms with E-state index in [1.165, 1.54) is 24.3 Å². The van der Waals surface area contributed by atoms with Crippen molar-refractivity contribution in [1.82, 2.24) is 4.90 Å². The summed E-state index contributed by atoms with van der Waals surface area (Å²) in [6, 6.07) is 4.70. The second kappa shape index (κ2) is 5.06. The molecule has 3 rings (SSSR count). The van der Waals surface area contributed by atoms with Gasteiger partial charge in [-0.05, 0) is 43.0 Å². The van der Waals surface area contributed by atoms with Crippen LogP contribution in [-0.2, 0) is 14.8 Å². The number of benzene rings is 1. The van der Waals surface area contributed by atoms with Crippen molar-refractivity contribution in [3.63, 3.8) is 0 Å². The van der Waals surface area contributed by atoms with Gasteiger partial charge < -0.3 is 4.90 Å². The fraction of sp³-hybridized carbons (Fsp3) is 0.429. The lowest BCUT2D eigenvalue weighted by molar-refractivity contribution is -0.120. The van der Waals surface area contributed by atoms with E-state index in [0.29, 0.717) is 24.6 Å². The Morgan fingerprint density at radius 2 is 1.82 bits per heavy atom. The van der Waals surface area contributed by atoms with Gasteiger partial charge in [0.05, 0.1) is 10.6 Å². The highest BCUT2D eigenvalue weighted by atomic mass is 32.2. The number of nitrogens with two attached hydrogens (primary N) is 1. The number of primary sulfonamides is 1. The predicted octanol–water partition coefficient (Wildman–Crippen LogP) is 0.901. The molecule has 2 unspecified atom stereocenters. The Labute approximate surface area is 128 Å². The summed E-state index contributed by atoms with van der Waals surface area (Å²) in [6.07, 6.45) is 1.55. The molecule has 2 heterocycles. The zero-order valence-electron chi connectivity index (χ0n) is 12.1. The summed E-state index contributed by atoms with van der Waals surface area (Å²) in [5.41, 5.74) is 0.365. The van der Waals surface area contributed by atoms with Crippen molar-refractivity contribution in [1.29, 1.82) is 0 Å². The van der Waals surface area contributed by atoms with Gasteiger partial charge in [-0.15, -0.1) is 0 Å². The molecule has 0 aromatic heterocycles. The van der Waals surface area contributed by atoms with Crippen LogP contribution in [0.2, 0.25) is 0 Å². The van der Waals surface area contributed by atoms with Crippen LogP contribution in [0.1, 0.15) is 19.8 Å². The van der Waals surface area contributed by atoms with E-state index < -0.39 is 16.1 Å². The lowest BCUT2D eigenvalue weighted by Crippen LogP contribution is -2.41. The number of piperidine rings is 1. The van der Waals surface area contributed by atoms with E-state index in [1.54, 1.807) is 4.90 Å². The second-order valence-corrected chi connectivity index (χ2v) is 7.40. The third-order valence-corrected chi connectivity index (χ3v) is 5.16. The number of hydrogen-bond donors (Lipinski definition) is 1. The van der Waals surface area contributed by atoms with Gasteiger partial charge in [-0.25, -0.2) is 23.3 Å². The molecule has 2 aliphatic heterocycles. The third-order valence-electron chi connectivity index (χ3n) is 4.23. The summed E-state index contributed by atoms with van der Waals surface area (Å²) in [7, 11) is -3.80. The minimum atomic E-state index is -3.80. The SMILES string of the molecule is CC1CCN2C(=O)N(c3ccc(S(N)(=O)=O)cc3)C(=O)C2C1. The molecule has 1 aromatic rings. The van der Waals surface area contributed by atoms with Crippen LogP contribution in [0.3, 0.4) is 0 Å².